The SMILES string of the molecule is CC(=O)c1ccc2nc3c(nc2c1)C1CCC3C1. The van der Waals surface area contributed by atoms with Gasteiger partial charge in [0.05, 0.1) is 22.4 Å². The molecule has 1 heterocycles. The van der Waals surface area contributed by atoms with Gasteiger partial charge in [0, 0.05) is 17.4 Å². The molecule has 3 heteroatoms. The highest BCUT2D eigenvalue weighted by atomic mass is 16.1. The summed E-state index contributed by atoms with van der Waals surface area (Å²) in [5.41, 5.74) is 4.92. The van der Waals surface area contributed by atoms with Crippen LogP contribution in [0.3, 0.4) is 0 Å². The van der Waals surface area contributed by atoms with Crippen molar-refractivity contribution in [2.45, 2.75) is 38.0 Å². The maximum Gasteiger partial charge on any atom is 0.159 e. The van der Waals surface area contributed by atoms with Crippen molar-refractivity contribution in [1.82, 2.24) is 9.97 Å². The first kappa shape index (κ1) is 10.2. The molecule has 18 heavy (non-hydrogen) atoms. The number of nitrogens with zero attached hydrogens (tertiary/aromatic N) is 2. The Morgan fingerprint density at radius 2 is 1.78 bits per heavy atom. The van der Waals surface area contributed by atoms with Crippen molar-refractivity contribution >= 4 is 16.8 Å². The molecule has 1 aromatic heterocycles. The molecule has 4 rings (SSSR count). The number of carbonyl (C=O) groups is 1. The fraction of sp³-hybridized carbons (Fsp3) is 0.400. The van der Waals surface area contributed by atoms with Crippen LogP contribution in [-0.4, -0.2) is 15.8 Å². The minimum absolute atomic E-state index is 0.0840. The van der Waals surface area contributed by atoms with Crippen LogP contribution in [-0.2, 0) is 0 Å². The van der Waals surface area contributed by atoms with Gasteiger partial charge in [-0.25, -0.2) is 9.97 Å². The molecule has 2 unspecified atom stereocenters. The molecule has 0 radical (unpaired) electrons. The van der Waals surface area contributed by atoms with Crippen LogP contribution >= 0.6 is 0 Å². The summed E-state index contributed by atoms with van der Waals surface area (Å²) in [5.74, 6) is 1.33. The van der Waals surface area contributed by atoms with Gasteiger partial charge in [0.15, 0.2) is 5.78 Å². The predicted molar refractivity (Wildman–Crippen MR) is 68.9 cm³/mol. The Labute approximate surface area is 105 Å². The maximum absolute atomic E-state index is 11.4. The van der Waals surface area contributed by atoms with Gasteiger partial charge in [-0.1, -0.05) is 0 Å². The molecule has 2 bridgehead atoms. The molecule has 0 saturated heterocycles. The molecule has 0 spiro atoms. The topological polar surface area (TPSA) is 42.9 Å². The fourth-order valence-corrected chi connectivity index (χ4v) is 3.38. The second-order valence-electron chi connectivity index (χ2n) is 5.46. The van der Waals surface area contributed by atoms with Crippen molar-refractivity contribution in [1.29, 1.82) is 0 Å². The zero-order chi connectivity index (χ0) is 12.3. The van der Waals surface area contributed by atoms with Crippen molar-refractivity contribution in [2.75, 3.05) is 0 Å². The number of carbonyl (C=O) groups excluding carboxylic acids is 1. The minimum atomic E-state index is 0.0840. The fourth-order valence-electron chi connectivity index (χ4n) is 3.38. The predicted octanol–water partition coefficient (Wildman–Crippen LogP) is 3.20. The van der Waals surface area contributed by atoms with Gasteiger partial charge in [-0.15, -0.1) is 0 Å². The molecule has 1 fully saturated rings. The highest BCUT2D eigenvalue weighted by molar-refractivity contribution is 5.97. The van der Waals surface area contributed by atoms with Gasteiger partial charge in [0.1, 0.15) is 0 Å². The van der Waals surface area contributed by atoms with Gasteiger partial charge >= 0.3 is 0 Å². The number of Topliss-reactive ketones (excluding diaryl/α,β-unsaturated/α-hetero) is 1. The average Bonchev–Trinajstić information content (AvgIpc) is 2.97. The van der Waals surface area contributed by atoms with Crippen LogP contribution in [0, 0.1) is 0 Å². The first-order chi connectivity index (χ1) is 8.72. The van der Waals surface area contributed by atoms with E-state index in [9.17, 15) is 4.79 Å². The van der Waals surface area contributed by atoms with Crippen LogP contribution in [0.2, 0.25) is 0 Å². The molecule has 1 saturated carbocycles. The van der Waals surface area contributed by atoms with Crippen LogP contribution in [0.5, 0.6) is 0 Å². The lowest BCUT2D eigenvalue weighted by atomic mass is 10.00. The molecule has 2 aliphatic carbocycles. The monoisotopic (exact) mass is 238 g/mol. The Morgan fingerprint density at radius 3 is 2.44 bits per heavy atom. The summed E-state index contributed by atoms with van der Waals surface area (Å²) in [6.45, 7) is 1.59. The molecule has 2 atom stereocenters. The Kier molecular flexibility index (Phi) is 1.91. The van der Waals surface area contributed by atoms with Crippen molar-refractivity contribution in [3.63, 3.8) is 0 Å². The number of rotatable bonds is 1. The average molecular weight is 238 g/mol. The summed E-state index contributed by atoms with van der Waals surface area (Å²) < 4.78 is 0. The second-order valence-corrected chi connectivity index (χ2v) is 5.46. The number of hydrogen-bond donors (Lipinski definition) is 0. The lowest BCUT2D eigenvalue weighted by molar-refractivity contribution is 0.101. The summed E-state index contributed by atoms with van der Waals surface area (Å²) in [6, 6.07) is 5.64. The maximum atomic E-state index is 11.4. The van der Waals surface area contributed by atoms with Crippen LogP contribution in [0.25, 0.3) is 11.0 Å². The third-order valence-electron chi connectivity index (χ3n) is 4.33. The highest BCUT2D eigenvalue weighted by Gasteiger charge is 2.39. The number of hydrogen-bond acceptors (Lipinski definition) is 3. The Morgan fingerprint density at radius 1 is 1.11 bits per heavy atom. The quantitative estimate of drug-likeness (QED) is 0.716. The van der Waals surface area contributed by atoms with E-state index >= 15 is 0 Å². The number of benzene rings is 1. The summed E-state index contributed by atoms with van der Waals surface area (Å²) in [6.07, 6.45) is 3.75. The van der Waals surface area contributed by atoms with E-state index in [4.69, 9.17) is 9.97 Å². The number of ketones is 1. The normalized spacial score (nSPS) is 24.5. The largest absolute Gasteiger partial charge is 0.295 e. The molecule has 2 aliphatic rings. The van der Waals surface area contributed by atoms with Crippen LogP contribution in [0.1, 0.15) is 59.8 Å². The molecule has 2 aromatic rings. The zero-order valence-electron chi connectivity index (χ0n) is 10.3. The summed E-state index contributed by atoms with van der Waals surface area (Å²) in [4.78, 5) is 20.9. The van der Waals surface area contributed by atoms with Crippen molar-refractivity contribution in [3.05, 3.63) is 35.2 Å². The molecule has 0 amide bonds. The Hall–Kier alpha value is -1.77. The van der Waals surface area contributed by atoms with Crippen LogP contribution in [0.4, 0.5) is 0 Å². The van der Waals surface area contributed by atoms with E-state index in [2.05, 4.69) is 0 Å². The van der Waals surface area contributed by atoms with Gasteiger partial charge < -0.3 is 0 Å². The van der Waals surface area contributed by atoms with E-state index in [1.165, 1.54) is 30.7 Å². The second kappa shape index (κ2) is 3.37. The van der Waals surface area contributed by atoms with Gasteiger partial charge in [-0.2, -0.15) is 0 Å². The van der Waals surface area contributed by atoms with E-state index in [0.29, 0.717) is 11.8 Å². The lowest BCUT2D eigenvalue weighted by Crippen LogP contribution is -2.05. The van der Waals surface area contributed by atoms with E-state index in [1.807, 2.05) is 18.2 Å². The first-order valence-corrected chi connectivity index (χ1v) is 6.55. The molecule has 3 nitrogen and oxygen atoms in total. The first-order valence-electron chi connectivity index (χ1n) is 6.55. The zero-order valence-corrected chi connectivity index (χ0v) is 10.3. The van der Waals surface area contributed by atoms with Gasteiger partial charge in [-0.3, -0.25) is 4.79 Å². The molecule has 0 N–H and O–H groups in total. The van der Waals surface area contributed by atoms with E-state index < -0.39 is 0 Å². The highest BCUT2D eigenvalue weighted by Crippen LogP contribution is 2.51. The van der Waals surface area contributed by atoms with Crippen LogP contribution in [0.15, 0.2) is 18.2 Å². The molecular formula is C15H14N2O. The van der Waals surface area contributed by atoms with E-state index in [0.717, 1.165) is 16.6 Å². The third kappa shape index (κ3) is 1.27. The van der Waals surface area contributed by atoms with E-state index in [1.54, 1.807) is 6.92 Å². The third-order valence-corrected chi connectivity index (χ3v) is 4.33. The van der Waals surface area contributed by atoms with E-state index in [-0.39, 0.29) is 5.78 Å². The van der Waals surface area contributed by atoms with Crippen molar-refractivity contribution < 1.29 is 4.79 Å². The number of fused-ring (bicyclic) bond motifs is 6. The Bertz CT molecular complexity index is 677. The summed E-state index contributed by atoms with van der Waals surface area (Å²) >= 11 is 0. The van der Waals surface area contributed by atoms with Crippen molar-refractivity contribution in [2.24, 2.45) is 0 Å². The van der Waals surface area contributed by atoms with Gasteiger partial charge in [0.2, 0.25) is 0 Å². The molecule has 1 aromatic carbocycles. The molecule has 0 aliphatic heterocycles. The van der Waals surface area contributed by atoms with Gasteiger partial charge in [0.25, 0.3) is 0 Å². The Balaban J connectivity index is 1.96. The van der Waals surface area contributed by atoms with Crippen molar-refractivity contribution in [3.8, 4) is 0 Å². The van der Waals surface area contributed by atoms with Gasteiger partial charge in [-0.05, 0) is 44.4 Å². The smallest absolute Gasteiger partial charge is 0.159 e. The molecule has 90 valence electrons. The molecular weight excluding hydrogens is 224 g/mol. The lowest BCUT2D eigenvalue weighted by Gasteiger charge is -2.13. The summed E-state index contributed by atoms with van der Waals surface area (Å²) in [5, 5.41) is 0. The minimum Gasteiger partial charge on any atom is -0.295 e. The summed E-state index contributed by atoms with van der Waals surface area (Å²) in [7, 11) is 0. The number of aromatic nitrogens is 2. The van der Waals surface area contributed by atoms with Crippen LogP contribution < -0.4 is 0 Å². The standard InChI is InChI=1S/C15H14N2O/c1-8(18)9-4-5-12-13(7-9)17-15-11-3-2-10(6-11)14(15)16-12/h4-5,7,10-11H,2-3,6H2,1H3.